The third-order valence-electron chi connectivity index (χ3n) is 3.29. The highest BCUT2D eigenvalue weighted by atomic mass is 35.5. The summed E-state index contributed by atoms with van der Waals surface area (Å²) in [5, 5.41) is 4.83. The van der Waals surface area contributed by atoms with Gasteiger partial charge in [-0.25, -0.2) is 26.6 Å². The first-order valence-electron chi connectivity index (χ1n) is 7.06. The van der Waals surface area contributed by atoms with Crippen molar-refractivity contribution in [2.24, 2.45) is 0 Å². The number of nitrogens with one attached hydrogen (secondary N) is 1. The van der Waals surface area contributed by atoms with Crippen molar-refractivity contribution in [1.29, 1.82) is 0 Å². The van der Waals surface area contributed by atoms with E-state index in [4.69, 9.17) is 23.2 Å². The molecule has 3 aromatic rings. The third kappa shape index (κ3) is 4.12. The normalized spacial score (nSPS) is 11.5. The highest BCUT2D eigenvalue weighted by Gasteiger charge is 2.21. The number of aromatic nitrogens is 3. The first-order chi connectivity index (χ1) is 12.2. The molecule has 136 valence electrons. The number of sulfonamides is 1. The number of nitrogens with zero attached hydrogens (tertiary/aromatic N) is 3. The molecule has 0 aliphatic carbocycles. The van der Waals surface area contributed by atoms with Crippen molar-refractivity contribution in [3.63, 3.8) is 0 Å². The number of rotatable bonds is 5. The Morgan fingerprint density at radius 2 is 1.88 bits per heavy atom. The van der Waals surface area contributed by atoms with Gasteiger partial charge in [-0.05, 0) is 35.9 Å². The Balaban J connectivity index is 1.80. The Labute approximate surface area is 157 Å². The van der Waals surface area contributed by atoms with Gasteiger partial charge in [0.15, 0.2) is 0 Å². The summed E-state index contributed by atoms with van der Waals surface area (Å²) in [5.41, 5.74) is 0.687. The molecule has 6 nitrogen and oxygen atoms in total. The van der Waals surface area contributed by atoms with Gasteiger partial charge >= 0.3 is 0 Å². The fourth-order valence-corrected chi connectivity index (χ4v) is 3.60. The van der Waals surface area contributed by atoms with Crippen LogP contribution in [0.3, 0.4) is 0 Å². The fourth-order valence-electron chi connectivity index (χ4n) is 2.10. The first kappa shape index (κ1) is 18.6. The fraction of sp³-hybridized carbons (Fsp3) is 0.0667. The summed E-state index contributed by atoms with van der Waals surface area (Å²) in [4.78, 5) is 2.96. The van der Waals surface area contributed by atoms with Gasteiger partial charge in [0.2, 0.25) is 0 Å². The lowest BCUT2D eigenvalue weighted by molar-refractivity contribution is 0.555. The van der Waals surface area contributed by atoms with Gasteiger partial charge in [0.25, 0.3) is 16.0 Å². The summed E-state index contributed by atoms with van der Waals surface area (Å²) in [6, 6.07) is 7.01. The van der Waals surface area contributed by atoms with Gasteiger partial charge in [0.05, 0.1) is 6.54 Å². The molecule has 0 saturated carbocycles. The largest absolute Gasteiger partial charge is 0.267 e. The van der Waals surface area contributed by atoms with E-state index in [1.165, 1.54) is 11.0 Å². The van der Waals surface area contributed by atoms with Crippen molar-refractivity contribution in [3.05, 3.63) is 70.0 Å². The molecule has 2 aromatic carbocycles. The summed E-state index contributed by atoms with van der Waals surface area (Å²) >= 11 is 11.9. The van der Waals surface area contributed by atoms with E-state index in [1.54, 1.807) is 18.2 Å². The van der Waals surface area contributed by atoms with Gasteiger partial charge in [-0.3, -0.25) is 0 Å². The lowest BCUT2D eigenvalue weighted by atomic mass is 10.2. The molecule has 1 aromatic heterocycles. The molecule has 0 aliphatic heterocycles. The van der Waals surface area contributed by atoms with Crippen LogP contribution in [0.15, 0.2) is 47.6 Å². The number of halogens is 4. The van der Waals surface area contributed by atoms with Crippen molar-refractivity contribution in [3.8, 4) is 0 Å². The van der Waals surface area contributed by atoms with E-state index in [0.717, 1.165) is 12.1 Å². The minimum atomic E-state index is -4.39. The summed E-state index contributed by atoms with van der Waals surface area (Å²) in [6.45, 7) is 0.207. The van der Waals surface area contributed by atoms with Gasteiger partial charge in [0, 0.05) is 10.0 Å². The van der Waals surface area contributed by atoms with Crippen LogP contribution in [0.2, 0.25) is 10.0 Å². The molecule has 1 N–H and O–H groups in total. The molecule has 0 spiro atoms. The molecule has 0 saturated heterocycles. The average molecular weight is 419 g/mol. The molecule has 0 unspecified atom stereocenters. The lowest BCUT2D eigenvalue weighted by Crippen LogP contribution is -2.16. The van der Waals surface area contributed by atoms with Crippen molar-refractivity contribution in [1.82, 2.24) is 14.8 Å². The second-order valence-corrected chi connectivity index (χ2v) is 7.68. The quantitative estimate of drug-likeness (QED) is 0.684. The predicted molar refractivity (Wildman–Crippen MR) is 92.8 cm³/mol. The van der Waals surface area contributed by atoms with Crippen LogP contribution in [0, 0.1) is 11.6 Å². The minimum Gasteiger partial charge on any atom is -0.246 e. The van der Waals surface area contributed by atoms with Crippen LogP contribution in [0.1, 0.15) is 5.56 Å². The molecule has 0 atom stereocenters. The Morgan fingerprint density at radius 1 is 1.12 bits per heavy atom. The molecule has 11 heteroatoms. The van der Waals surface area contributed by atoms with Gasteiger partial charge in [-0.2, -0.15) is 4.98 Å². The van der Waals surface area contributed by atoms with Crippen molar-refractivity contribution in [2.45, 2.75) is 11.4 Å². The van der Waals surface area contributed by atoms with E-state index in [1.807, 2.05) is 4.72 Å². The summed E-state index contributed by atoms with van der Waals surface area (Å²) in [7, 11) is -4.39. The SMILES string of the molecule is O=S(=O)(Nc1ncn(Cc2ccc(Cl)cc2Cl)n1)c1cc(F)ccc1F. The van der Waals surface area contributed by atoms with Crippen molar-refractivity contribution >= 4 is 39.2 Å². The van der Waals surface area contributed by atoms with Crippen LogP contribution in [0.5, 0.6) is 0 Å². The van der Waals surface area contributed by atoms with E-state index < -0.39 is 26.6 Å². The van der Waals surface area contributed by atoms with Crippen LogP contribution in [0.25, 0.3) is 0 Å². The van der Waals surface area contributed by atoms with E-state index in [9.17, 15) is 17.2 Å². The van der Waals surface area contributed by atoms with E-state index in [2.05, 4.69) is 10.1 Å². The Hall–Kier alpha value is -2.23. The molecule has 3 rings (SSSR count). The van der Waals surface area contributed by atoms with Crippen LogP contribution in [-0.2, 0) is 16.6 Å². The van der Waals surface area contributed by atoms with E-state index >= 15 is 0 Å². The molecular formula is C15H10Cl2F2N4O2S. The standard InChI is InChI=1S/C15H10Cl2F2N4O2S/c16-10-2-1-9(12(17)5-10)7-23-8-20-15(21-23)22-26(24,25)14-6-11(18)3-4-13(14)19/h1-6,8H,7H2,(H,21,22). The Bertz CT molecular complexity index is 1070. The minimum absolute atomic E-state index is 0.207. The molecular weight excluding hydrogens is 409 g/mol. The van der Waals surface area contributed by atoms with Crippen LogP contribution in [-0.4, -0.2) is 23.2 Å². The molecule has 0 bridgehead atoms. The zero-order valence-electron chi connectivity index (χ0n) is 12.8. The number of benzene rings is 2. The molecule has 0 fully saturated rings. The monoisotopic (exact) mass is 418 g/mol. The second-order valence-electron chi connectivity index (χ2n) is 5.18. The summed E-state index contributed by atoms with van der Waals surface area (Å²) in [6.07, 6.45) is 1.27. The number of anilines is 1. The zero-order valence-corrected chi connectivity index (χ0v) is 15.2. The lowest BCUT2D eigenvalue weighted by Gasteiger charge is -2.06. The maximum Gasteiger partial charge on any atom is 0.267 e. The molecule has 26 heavy (non-hydrogen) atoms. The van der Waals surface area contributed by atoms with Crippen LogP contribution in [0.4, 0.5) is 14.7 Å². The van der Waals surface area contributed by atoms with E-state index in [-0.39, 0.29) is 12.5 Å². The molecule has 0 aliphatic rings. The van der Waals surface area contributed by atoms with Gasteiger partial charge < -0.3 is 0 Å². The van der Waals surface area contributed by atoms with Crippen LogP contribution >= 0.6 is 23.2 Å². The summed E-state index contributed by atoms with van der Waals surface area (Å²) < 4.78 is 54.6. The van der Waals surface area contributed by atoms with Gasteiger partial charge in [-0.15, -0.1) is 5.10 Å². The van der Waals surface area contributed by atoms with Gasteiger partial charge in [0.1, 0.15) is 22.9 Å². The maximum atomic E-state index is 13.7. The molecule has 0 radical (unpaired) electrons. The maximum absolute atomic E-state index is 13.7. The van der Waals surface area contributed by atoms with Gasteiger partial charge in [-0.1, -0.05) is 29.3 Å². The summed E-state index contributed by atoms with van der Waals surface area (Å²) in [5.74, 6) is -2.27. The molecule has 1 heterocycles. The highest BCUT2D eigenvalue weighted by Crippen LogP contribution is 2.22. The number of hydrogen-bond acceptors (Lipinski definition) is 4. The second kappa shape index (κ2) is 7.18. The zero-order chi connectivity index (χ0) is 18.9. The predicted octanol–water partition coefficient (Wildman–Crippen LogP) is 3.71. The average Bonchev–Trinajstić information content (AvgIpc) is 2.98. The smallest absolute Gasteiger partial charge is 0.246 e. The Morgan fingerprint density at radius 3 is 2.62 bits per heavy atom. The van der Waals surface area contributed by atoms with E-state index in [0.29, 0.717) is 21.7 Å². The number of hydrogen-bond donors (Lipinski definition) is 1. The van der Waals surface area contributed by atoms with Crippen LogP contribution < -0.4 is 4.72 Å². The molecule has 0 amide bonds. The topological polar surface area (TPSA) is 76.9 Å². The third-order valence-corrected chi connectivity index (χ3v) is 5.22. The van der Waals surface area contributed by atoms with Crippen molar-refractivity contribution in [2.75, 3.05) is 4.72 Å². The van der Waals surface area contributed by atoms with Crippen molar-refractivity contribution < 1.29 is 17.2 Å². The Kier molecular flexibility index (Phi) is 5.12. The highest BCUT2D eigenvalue weighted by molar-refractivity contribution is 7.92. The first-order valence-corrected chi connectivity index (χ1v) is 9.30.